The summed E-state index contributed by atoms with van der Waals surface area (Å²) in [5.41, 5.74) is 7.94. The highest BCUT2D eigenvalue weighted by Crippen LogP contribution is 2.32. The molecule has 1 aromatic rings. The number of piperidine rings is 1. The summed E-state index contributed by atoms with van der Waals surface area (Å²) in [5, 5.41) is 0. The maximum absolute atomic E-state index is 12.1. The van der Waals surface area contributed by atoms with Crippen molar-refractivity contribution < 1.29 is 9.53 Å². The van der Waals surface area contributed by atoms with Crippen molar-refractivity contribution in [1.82, 2.24) is 0 Å². The van der Waals surface area contributed by atoms with Gasteiger partial charge in [0.2, 0.25) is 0 Å². The minimum absolute atomic E-state index is 0.291. The number of ether oxygens (including phenoxy) is 1. The van der Waals surface area contributed by atoms with Gasteiger partial charge in [-0.2, -0.15) is 0 Å². The van der Waals surface area contributed by atoms with Crippen molar-refractivity contribution in [3.8, 4) is 0 Å². The Morgan fingerprint density at radius 3 is 2.90 bits per heavy atom. The Hall–Kier alpha value is -1.71. The summed E-state index contributed by atoms with van der Waals surface area (Å²) in [4.78, 5) is 14.4. The van der Waals surface area contributed by atoms with Gasteiger partial charge in [-0.1, -0.05) is 6.92 Å². The van der Waals surface area contributed by atoms with Crippen molar-refractivity contribution in [3.63, 3.8) is 0 Å². The van der Waals surface area contributed by atoms with Gasteiger partial charge in [0.05, 0.1) is 17.9 Å². The molecule has 1 aromatic carbocycles. The Bertz CT molecular complexity index is 487. The molecule has 110 valence electrons. The number of anilines is 2. The van der Waals surface area contributed by atoms with E-state index in [1.807, 2.05) is 19.1 Å². The number of nitrogens with zero attached hydrogens (tertiary/aromatic N) is 1. The zero-order valence-corrected chi connectivity index (χ0v) is 12.6. The molecule has 0 aliphatic carbocycles. The van der Waals surface area contributed by atoms with E-state index in [9.17, 15) is 4.79 Å². The van der Waals surface area contributed by atoms with Crippen LogP contribution in [0.1, 0.15) is 44.0 Å². The maximum Gasteiger partial charge on any atom is 0.340 e. The van der Waals surface area contributed by atoms with Crippen molar-refractivity contribution in [2.75, 3.05) is 23.8 Å². The van der Waals surface area contributed by atoms with E-state index in [0.29, 0.717) is 29.8 Å². The third kappa shape index (κ3) is 2.89. The van der Waals surface area contributed by atoms with Gasteiger partial charge in [0.15, 0.2) is 0 Å². The van der Waals surface area contributed by atoms with Crippen molar-refractivity contribution >= 4 is 17.3 Å². The fraction of sp³-hybridized carbons (Fsp3) is 0.562. The number of hydrogen-bond donors (Lipinski definition) is 1. The number of benzene rings is 1. The molecule has 2 N–H and O–H groups in total. The quantitative estimate of drug-likeness (QED) is 0.681. The number of nitrogens with two attached hydrogens (primary N) is 1. The van der Waals surface area contributed by atoms with E-state index in [1.165, 1.54) is 6.42 Å². The van der Waals surface area contributed by atoms with Crippen LogP contribution in [0.15, 0.2) is 18.2 Å². The highest BCUT2D eigenvalue weighted by Gasteiger charge is 2.28. The van der Waals surface area contributed by atoms with Gasteiger partial charge in [-0.15, -0.1) is 0 Å². The monoisotopic (exact) mass is 276 g/mol. The predicted octanol–water partition coefficient (Wildman–Crippen LogP) is 3.07. The zero-order chi connectivity index (χ0) is 14.7. The molecule has 1 aliphatic heterocycles. The van der Waals surface area contributed by atoms with E-state index in [2.05, 4.69) is 18.7 Å². The average Bonchev–Trinajstić information content (AvgIpc) is 2.42. The van der Waals surface area contributed by atoms with E-state index in [-0.39, 0.29) is 5.97 Å². The summed E-state index contributed by atoms with van der Waals surface area (Å²) >= 11 is 0. The number of carbonyl (C=O) groups excluding carboxylic acids is 1. The maximum atomic E-state index is 12.1. The van der Waals surface area contributed by atoms with Crippen molar-refractivity contribution in [3.05, 3.63) is 23.8 Å². The lowest BCUT2D eigenvalue weighted by Gasteiger charge is -2.40. The summed E-state index contributed by atoms with van der Waals surface area (Å²) < 4.78 is 5.16. The van der Waals surface area contributed by atoms with Gasteiger partial charge in [-0.25, -0.2) is 4.79 Å². The van der Waals surface area contributed by atoms with Crippen LogP contribution < -0.4 is 10.6 Å². The zero-order valence-electron chi connectivity index (χ0n) is 12.6. The van der Waals surface area contributed by atoms with Gasteiger partial charge in [-0.3, -0.25) is 0 Å². The standard InChI is InChI=1S/C16H24N2O2/c1-4-20-16(19)14-10-13(17)7-8-15(14)18-9-5-6-11(2)12(18)3/h7-8,10-12H,4-6,9,17H2,1-3H3. The van der Waals surface area contributed by atoms with Gasteiger partial charge in [0, 0.05) is 18.3 Å². The first kappa shape index (κ1) is 14.7. The van der Waals surface area contributed by atoms with Crippen molar-refractivity contribution in [1.29, 1.82) is 0 Å². The molecule has 1 saturated heterocycles. The van der Waals surface area contributed by atoms with Gasteiger partial charge in [-0.05, 0) is 50.8 Å². The fourth-order valence-electron chi connectivity index (χ4n) is 2.85. The molecule has 2 atom stereocenters. The summed E-state index contributed by atoms with van der Waals surface area (Å²) in [5.74, 6) is 0.330. The number of esters is 1. The summed E-state index contributed by atoms with van der Waals surface area (Å²) in [6.45, 7) is 7.64. The Morgan fingerprint density at radius 2 is 2.20 bits per heavy atom. The molecule has 1 aliphatic rings. The second-order valence-electron chi connectivity index (χ2n) is 5.55. The molecule has 0 saturated carbocycles. The van der Waals surface area contributed by atoms with Crippen LogP contribution in [0, 0.1) is 5.92 Å². The van der Waals surface area contributed by atoms with Crippen LogP contribution in [0.25, 0.3) is 0 Å². The second kappa shape index (κ2) is 6.16. The Balaban J connectivity index is 2.37. The van der Waals surface area contributed by atoms with Crippen LogP contribution in [-0.4, -0.2) is 25.2 Å². The molecule has 4 nitrogen and oxygen atoms in total. The Kier molecular flexibility index (Phi) is 4.53. The van der Waals surface area contributed by atoms with Gasteiger partial charge >= 0.3 is 5.97 Å². The number of hydrogen-bond acceptors (Lipinski definition) is 4. The van der Waals surface area contributed by atoms with Crippen LogP contribution in [0.4, 0.5) is 11.4 Å². The van der Waals surface area contributed by atoms with Crippen LogP contribution in [0.5, 0.6) is 0 Å². The van der Waals surface area contributed by atoms with Crippen LogP contribution in [-0.2, 0) is 4.74 Å². The molecular weight excluding hydrogens is 252 g/mol. The molecule has 0 bridgehead atoms. The molecule has 1 heterocycles. The van der Waals surface area contributed by atoms with Gasteiger partial charge < -0.3 is 15.4 Å². The SMILES string of the molecule is CCOC(=O)c1cc(N)ccc1N1CCCC(C)C1C. The highest BCUT2D eigenvalue weighted by atomic mass is 16.5. The molecule has 0 radical (unpaired) electrons. The number of carbonyl (C=O) groups is 1. The van der Waals surface area contributed by atoms with Crippen molar-refractivity contribution in [2.45, 2.75) is 39.7 Å². The Labute approximate surface area is 120 Å². The second-order valence-corrected chi connectivity index (χ2v) is 5.55. The largest absolute Gasteiger partial charge is 0.462 e. The minimum atomic E-state index is -0.291. The lowest BCUT2D eigenvalue weighted by atomic mass is 9.91. The Morgan fingerprint density at radius 1 is 1.45 bits per heavy atom. The highest BCUT2D eigenvalue weighted by molar-refractivity contribution is 5.97. The van der Waals surface area contributed by atoms with E-state index < -0.39 is 0 Å². The first-order chi connectivity index (χ1) is 9.54. The molecule has 4 heteroatoms. The summed E-state index contributed by atoms with van der Waals surface area (Å²) in [6.07, 6.45) is 2.39. The summed E-state index contributed by atoms with van der Waals surface area (Å²) in [7, 11) is 0. The molecule has 0 spiro atoms. The van der Waals surface area contributed by atoms with Crippen LogP contribution in [0.3, 0.4) is 0 Å². The lowest BCUT2D eigenvalue weighted by molar-refractivity contribution is 0.0527. The lowest BCUT2D eigenvalue weighted by Crippen LogP contribution is -2.43. The topological polar surface area (TPSA) is 55.6 Å². The third-order valence-electron chi connectivity index (χ3n) is 4.20. The summed E-state index contributed by atoms with van der Waals surface area (Å²) in [6, 6.07) is 5.93. The number of rotatable bonds is 3. The number of nitrogen functional groups attached to an aromatic ring is 1. The molecule has 0 aromatic heterocycles. The molecular formula is C16H24N2O2. The first-order valence-corrected chi connectivity index (χ1v) is 7.38. The molecule has 20 heavy (non-hydrogen) atoms. The van der Waals surface area contributed by atoms with Crippen molar-refractivity contribution in [2.24, 2.45) is 5.92 Å². The van der Waals surface area contributed by atoms with Crippen LogP contribution in [0.2, 0.25) is 0 Å². The normalized spacial score (nSPS) is 22.6. The molecule has 0 amide bonds. The average molecular weight is 276 g/mol. The smallest absolute Gasteiger partial charge is 0.340 e. The minimum Gasteiger partial charge on any atom is -0.462 e. The van der Waals surface area contributed by atoms with E-state index in [4.69, 9.17) is 10.5 Å². The predicted molar refractivity (Wildman–Crippen MR) is 82.0 cm³/mol. The third-order valence-corrected chi connectivity index (χ3v) is 4.20. The molecule has 2 rings (SSSR count). The van der Waals surface area contributed by atoms with E-state index in [1.54, 1.807) is 6.07 Å². The van der Waals surface area contributed by atoms with Gasteiger partial charge in [0.25, 0.3) is 0 Å². The molecule has 2 unspecified atom stereocenters. The van der Waals surface area contributed by atoms with E-state index >= 15 is 0 Å². The van der Waals surface area contributed by atoms with Gasteiger partial charge in [0.1, 0.15) is 0 Å². The van der Waals surface area contributed by atoms with Crippen LogP contribution >= 0.6 is 0 Å². The van der Waals surface area contributed by atoms with E-state index in [0.717, 1.165) is 18.7 Å². The molecule has 1 fully saturated rings. The fourth-order valence-corrected chi connectivity index (χ4v) is 2.85. The first-order valence-electron chi connectivity index (χ1n) is 7.38.